The van der Waals surface area contributed by atoms with Crippen LogP contribution in [0.2, 0.25) is 5.02 Å². The molecule has 2 N–H and O–H groups in total. The molecule has 2 amide bonds. The Morgan fingerprint density at radius 3 is 2.54 bits per heavy atom. The highest BCUT2D eigenvalue weighted by Crippen LogP contribution is 2.21. The first-order chi connectivity index (χ1) is 12.6. The number of hydrogen-bond acceptors (Lipinski definition) is 3. The van der Waals surface area contributed by atoms with Crippen LogP contribution < -0.4 is 10.6 Å². The Labute approximate surface area is 163 Å². The minimum absolute atomic E-state index is 0.0857. The van der Waals surface area contributed by atoms with Crippen molar-refractivity contribution in [3.63, 3.8) is 0 Å². The van der Waals surface area contributed by atoms with Crippen LogP contribution in [-0.4, -0.2) is 24.1 Å². The maximum absolute atomic E-state index is 12.2. The molecule has 0 aromatic heterocycles. The summed E-state index contributed by atoms with van der Waals surface area (Å²) in [5.41, 5.74) is 1.04. The SMILES string of the molecule is CCCNC(=O)c1ccccc1NC(=O)CCCSc1ccc(Cl)cc1. The monoisotopic (exact) mass is 390 g/mol. The first kappa shape index (κ1) is 20.3. The number of halogens is 1. The largest absolute Gasteiger partial charge is 0.352 e. The first-order valence-corrected chi connectivity index (χ1v) is 10.0. The summed E-state index contributed by atoms with van der Waals surface area (Å²) < 4.78 is 0. The van der Waals surface area contributed by atoms with E-state index >= 15 is 0 Å². The minimum atomic E-state index is -0.166. The molecule has 0 bridgehead atoms. The fourth-order valence-electron chi connectivity index (χ4n) is 2.29. The molecule has 0 aliphatic rings. The fourth-order valence-corrected chi connectivity index (χ4v) is 3.27. The van der Waals surface area contributed by atoms with Crippen LogP contribution in [-0.2, 0) is 4.79 Å². The zero-order valence-corrected chi connectivity index (χ0v) is 16.3. The van der Waals surface area contributed by atoms with Crippen molar-refractivity contribution >= 4 is 40.9 Å². The lowest BCUT2D eigenvalue weighted by atomic mass is 10.1. The zero-order valence-electron chi connectivity index (χ0n) is 14.8. The van der Waals surface area contributed by atoms with Gasteiger partial charge in [-0.3, -0.25) is 9.59 Å². The molecule has 4 nitrogen and oxygen atoms in total. The minimum Gasteiger partial charge on any atom is -0.352 e. The van der Waals surface area contributed by atoms with Crippen LogP contribution in [0.5, 0.6) is 0 Å². The fraction of sp³-hybridized carbons (Fsp3) is 0.300. The number of benzene rings is 2. The van der Waals surface area contributed by atoms with Gasteiger partial charge in [-0.25, -0.2) is 0 Å². The van der Waals surface area contributed by atoms with Crippen molar-refractivity contribution < 1.29 is 9.59 Å². The average Bonchev–Trinajstić information content (AvgIpc) is 2.65. The summed E-state index contributed by atoms with van der Waals surface area (Å²) in [5.74, 6) is 0.590. The van der Waals surface area contributed by atoms with Crippen LogP contribution in [0.3, 0.4) is 0 Å². The van der Waals surface area contributed by atoms with Crippen molar-refractivity contribution in [2.75, 3.05) is 17.6 Å². The van der Waals surface area contributed by atoms with Gasteiger partial charge in [0.1, 0.15) is 0 Å². The number of amides is 2. The van der Waals surface area contributed by atoms with E-state index in [2.05, 4.69) is 10.6 Å². The lowest BCUT2D eigenvalue weighted by molar-refractivity contribution is -0.116. The van der Waals surface area contributed by atoms with Crippen LogP contribution in [0, 0.1) is 0 Å². The van der Waals surface area contributed by atoms with Gasteiger partial charge in [-0.2, -0.15) is 0 Å². The molecule has 0 radical (unpaired) electrons. The third-order valence-corrected chi connectivity index (χ3v) is 4.96. The van der Waals surface area contributed by atoms with E-state index in [9.17, 15) is 9.59 Å². The lowest BCUT2D eigenvalue weighted by Crippen LogP contribution is -2.25. The van der Waals surface area contributed by atoms with Gasteiger partial charge in [0.05, 0.1) is 11.3 Å². The summed E-state index contributed by atoms with van der Waals surface area (Å²) in [7, 11) is 0. The second kappa shape index (κ2) is 10.9. The van der Waals surface area contributed by atoms with Crippen molar-refractivity contribution in [1.29, 1.82) is 0 Å². The number of nitrogens with one attached hydrogen (secondary N) is 2. The van der Waals surface area contributed by atoms with Crippen molar-refractivity contribution in [3.8, 4) is 0 Å². The van der Waals surface area contributed by atoms with Gasteiger partial charge in [0.2, 0.25) is 5.91 Å². The smallest absolute Gasteiger partial charge is 0.253 e. The maximum Gasteiger partial charge on any atom is 0.253 e. The van der Waals surface area contributed by atoms with Gasteiger partial charge in [0.25, 0.3) is 5.91 Å². The van der Waals surface area contributed by atoms with E-state index in [1.54, 1.807) is 30.0 Å². The van der Waals surface area contributed by atoms with Gasteiger partial charge < -0.3 is 10.6 Å². The second-order valence-electron chi connectivity index (χ2n) is 5.76. The van der Waals surface area contributed by atoms with Gasteiger partial charge in [0, 0.05) is 22.9 Å². The van der Waals surface area contributed by atoms with Crippen LogP contribution >= 0.6 is 23.4 Å². The molecule has 0 spiro atoms. The van der Waals surface area contributed by atoms with Gasteiger partial charge in [-0.15, -0.1) is 11.8 Å². The maximum atomic E-state index is 12.2. The molecule has 138 valence electrons. The number of carbonyl (C=O) groups is 2. The molecule has 2 rings (SSSR count). The second-order valence-corrected chi connectivity index (χ2v) is 7.36. The Hall–Kier alpha value is -1.98. The summed E-state index contributed by atoms with van der Waals surface area (Å²) in [5, 5.41) is 6.40. The standard InChI is InChI=1S/C20H23ClN2O2S/c1-2-13-22-20(25)17-6-3-4-7-18(17)23-19(24)8-5-14-26-16-11-9-15(21)10-12-16/h3-4,6-7,9-12H,2,5,8,13-14H2,1H3,(H,22,25)(H,23,24). The summed E-state index contributed by atoms with van der Waals surface area (Å²) in [4.78, 5) is 25.5. The molecule has 0 unspecified atom stereocenters. The van der Waals surface area contributed by atoms with E-state index in [0.717, 1.165) is 28.5 Å². The van der Waals surface area contributed by atoms with Crippen molar-refractivity contribution in [2.24, 2.45) is 0 Å². The molecule has 0 aliphatic heterocycles. The average molecular weight is 391 g/mol. The highest BCUT2D eigenvalue weighted by molar-refractivity contribution is 7.99. The van der Waals surface area contributed by atoms with E-state index in [1.165, 1.54) is 0 Å². The molecular weight excluding hydrogens is 368 g/mol. The molecule has 0 heterocycles. The van der Waals surface area contributed by atoms with Crippen LogP contribution in [0.4, 0.5) is 5.69 Å². The summed E-state index contributed by atoms with van der Waals surface area (Å²) in [6.45, 7) is 2.61. The first-order valence-electron chi connectivity index (χ1n) is 8.65. The predicted octanol–water partition coefficient (Wildman–Crippen LogP) is 4.99. The molecule has 26 heavy (non-hydrogen) atoms. The highest BCUT2D eigenvalue weighted by Gasteiger charge is 2.12. The Balaban J connectivity index is 1.80. The molecular formula is C20H23ClN2O2S. The molecule has 0 fully saturated rings. The number of para-hydroxylation sites is 1. The Kier molecular flexibility index (Phi) is 8.51. The molecule has 0 aliphatic carbocycles. The van der Waals surface area contributed by atoms with E-state index in [-0.39, 0.29) is 11.8 Å². The molecule has 0 saturated heterocycles. The zero-order chi connectivity index (χ0) is 18.8. The lowest BCUT2D eigenvalue weighted by Gasteiger charge is -2.11. The predicted molar refractivity (Wildman–Crippen MR) is 109 cm³/mol. The van der Waals surface area contributed by atoms with Gasteiger partial charge in [-0.1, -0.05) is 30.7 Å². The third kappa shape index (κ3) is 6.73. The number of carbonyl (C=O) groups excluding carboxylic acids is 2. The third-order valence-electron chi connectivity index (χ3n) is 3.61. The molecule has 6 heteroatoms. The topological polar surface area (TPSA) is 58.2 Å². The summed E-state index contributed by atoms with van der Waals surface area (Å²) in [6, 6.07) is 14.7. The number of anilines is 1. The molecule has 0 atom stereocenters. The van der Waals surface area contributed by atoms with Crippen molar-refractivity contribution in [3.05, 3.63) is 59.1 Å². The van der Waals surface area contributed by atoms with Gasteiger partial charge in [0.15, 0.2) is 0 Å². The van der Waals surface area contributed by atoms with Crippen molar-refractivity contribution in [2.45, 2.75) is 31.1 Å². The molecule has 2 aromatic carbocycles. The van der Waals surface area contributed by atoms with E-state index in [0.29, 0.717) is 24.2 Å². The Bertz CT molecular complexity index is 735. The number of thioether (sulfide) groups is 1. The normalized spacial score (nSPS) is 10.4. The summed E-state index contributed by atoms with van der Waals surface area (Å²) in [6.07, 6.45) is 2.03. The van der Waals surface area contributed by atoms with Crippen molar-refractivity contribution in [1.82, 2.24) is 5.32 Å². The van der Waals surface area contributed by atoms with Crippen LogP contribution in [0.1, 0.15) is 36.5 Å². The Morgan fingerprint density at radius 2 is 1.81 bits per heavy atom. The number of rotatable bonds is 9. The van der Waals surface area contributed by atoms with Gasteiger partial charge in [-0.05, 0) is 55.0 Å². The number of hydrogen-bond donors (Lipinski definition) is 2. The molecule has 2 aromatic rings. The Morgan fingerprint density at radius 1 is 1.08 bits per heavy atom. The van der Waals surface area contributed by atoms with E-state index in [1.807, 2.05) is 37.3 Å². The molecule has 0 saturated carbocycles. The van der Waals surface area contributed by atoms with Crippen LogP contribution in [0.25, 0.3) is 0 Å². The highest BCUT2D eigenvalue weighted by atomic mass is 35.5. The van der Waals surface area contributed by atoms with E-state index < -0.39 is 0 Å². The van der Waals surface area contributed by atoms with Crippen LogP contribution in [0.15, 0.2) is 53.4 Å². The summed E-state index contributed by atoms with van der Waals surface area (Å²) >= 11 is 7.56. The van der Waals surface area contributed by atoms with E-state index in [4.69, 9.17) is 11.6 Å². The van der Waals surface area contributed by atoms with Gasteiger partial charge >= 0.3 is 0 Å². The quantitative estimate of drug-likeness (QED) is 0.468.